The van der Waals surface area contributed by atoms with Crippen molar-refractivity contribution in [3.8, 4) is 0 Å². The van der Waals surface area contributed by atoms with E-state index in [2.05, 4.69) is 10.3 Å². The number of pyridine rings is 1. The lowest BCUT2D eigenvalue weighted by atomic mass is 10.1. The van der Waals surface area contributed by atoms with Crippen LogP contribution in [0.25, 0.3) is 0 Å². The van der Waals surface area contributed by atoms with E-state index in [-0.39, 0.29) is 12.5 Å². The Bertz CT molecular complexity index is 553. The normalized spacial score (nSPS) is 15.7. The van der Waals surface area contributed by atoms with Gasteiger partial charge in [0.2, 0.25) is 0 Å². The third-order valence-electron chi connectivity index (χ3n) is 3.50. The van der Waals surface area contributed by atoms with Crippen LogP contribution in [0.1, 0.15) is 40.9 Å². The second-order valence-electron chi connectivity index (χ2n) is 5.35. The summed E-state index contributed by atoms with van der Waals surface area (Å²) < 4.78 is 0. The van der Waals surface area contributed by atoms with E-state index in [1.807, 2.05) is 6.92 Å². The molecule has 0 aromatic carbocycles. The van der Waals surface area contributed by atoms with E-state index in [1.165, 1.54) is 0 Å². The number of nitrogens with one attached hydrogen (secondary N) is 1. The summed E-state index contributed by atoms with van der Waals surface area (Å²) in [5.74, 6) is -0.690. The Morgan fingerprint density at radius 1 is 1.50 bits per heavy atom. The van der Waals surface area contributed by atoms with Crippen molar-refractivity contribution in [2.24, 2.45) is 11.7 Å². The number of aryl methyl sites for hydroxylation is 2. The highest BCUT2D eigenvalue weighted by Crippen LogP contribution is 2.36. The Balaban J connectivity index is 2.30. The van der Waals surface area contributed by atoms with Gasteiger partial charge in [0, 0.05) is 11.7 Å². The Hall–Kier alpha value is -2.11. The fourth-order valence-corrected chi connectivity index (χ4v) is 2.45. The van der Waals surface area contributed by atoms with Crippen molar-refractivity contribution in [3.63, 3.8) is 0 Å². The SMILES string of the molecule is Cc1cc(C)c(C(N)=O)c(NC(CC(=O)O)C2CC2)n1. The summed E-state index contributed by atoms with van der Waals surface area (Å²) in [5.41, 5.74) is 7.25. The van der Waals surface area contributed by atoms with Crippen molar-refractivity contribution in [3.05, 3.63) is 22.9 Å². The van der Waals surface area contributed by atoms with E-state index in [4.69, 9.17) is 10.8 Å². The van der Waals surface area contributed by atoms with Crippen LogP contribution in [0.4, 0.5) is 5.82 Å². The molecule has 0 spiro atoms. The standard InChI is InChI=1S/C14H19N3O3/c1-7-5-8(2)16-14(12(7)13(15)20)17-10(6-11(18)19)9-3-4-9/h5,9-10H,3-4,6H2,1-2H3,(H2,15,20)(H,16,17)(H,18,19). The first-order valence-corrected chi connectivity index (χ1v) is 6.65. The first-order chi connectivity index (χ1) is 9.38. The molecule has 108 valence electrons. The molecular weight excluding hydrogens is 258 g/mol. The highest BCUT2D eigenvalue weighted by Gasteiger charge is 2.33. The number of carboxylic acids is 1. The summed E-state index contributed by atoms with van der Waals surface area (Å²) in [5, 5.41) is 12.1. The van der Waals surface area contributed by atoms with E-state index < -0.39 is 11.9 Å². The zero-order valence-corrected chi connectivity index (χ0v) is 11.6. The van der Waals surface area contributed by atoms with Gasteiger partial charge >= 0.3 is 5.97 Å². The van der Waals surface area contributed by atoms with Crippen LogP contribution >= 0.6 is 0 Å². The molecule has 1 aromatic rings. The van der Waals surface area contributed by atoms with Gasteiger partial charge in [-0.1, -0.05) is 0 Å². The summed E-state index contributed by atoms with van der Waals surface area (Å²) in [4.78, 5) is 26.8. The largest absolute Gasteiger partial charge is 0.481 e. The van der Waals surface area contributed by atoms with Crippen LogP contribution in [0.5, 0.6) is 0 Å². The number of carbonyl (C=O) groups is 2. The second-order valence-corrected chi connectivity index (χ2v) is 5.35. The van der Waals surface area contributed by atoms with Crippen LogP contribution in [-0.2, 0) is 4.79 Å². The maximum atomic E-state index is 11.6. The number of carboxylic acid groups (broad SMARTS) is 1. The number of aliphatic carboxylic acids is 1. The average molecular weight is 277 g/mol. The van der Waals surface area contributed by atoms with Crippen molar-refractivity contribution < 1.29 is 14.7 Å². The first kappa shape index (κ1) is 14.3. The minimum absolute atomic E-state index is 0.0114. The number of anilines is 1. The number of hydrogen-bond acceptors (Lipinski definition) is 4. The van der Waals surface area contributed by atoms with E-state index in [1.54, 1.807) is 13.0 Å². The number of rotatable bonds is 6. The fraction of sp³-hybridized carbons (Fsp3) is 0.500. The molecule has 20 heavy (non-hydrogen) atoms. The molecule has 1 heterocycles. The van der Waals surface area contributed by atoms with E-state index in [0.717, 1.165) is 24.1 Å². The lowest BCUT2D eigenvalue weighted by Crippen LogP contribution is -2.28. The molecule has 0 saturated heterocycles. The molecule has 0 radical (unpaired) electrons. The van der Waals surface area contributed by atoms with E-state index in [9.17, 15) is 9.59 Å². The van der Waals surface area contributed by atoms with Crippen LogP contribution in [-0.4, -0.2) is 28.0 Å². The molecule has 6 nitrogen and oxygen atoms in total. The average Bonchev–Trinajstić information content (AvgIpc) is 3.08. The molecule has 1 saturated carbocycles. The Labute approximate surface area is 117 Å². The monoisotopic (exact) mass is 277 g/mol. The maximum absolute atomic E-state index is 11.6. The van der Waals surface area contributed by atoms with Crippen LogP contribution in [0, 0.1) is 19.8 Å². The van der Waals surface area contributed by atoms with Crippen molar-refractivity contribution in [1.82, 2.24) is 4.98 Å². The molecule has 1 aromatic heterocycles. The summed E-state index contributed by atoms with van der Waals surface area (Å²) in [6, 6.07) is 1.58. The van der Waals surface area contributed by atoms with Gasteiger partial charge in [-0.15, -0.1) is 0 Å². The zero-order chi connectivity index (χ0) is 14.9. The smallest absolute Gasteiger partial charge is 0.305 e. The Kier molecular flexibility index (Phi) is 3.92. The number of amides is 1. The topological polar surface area (TPSA) is 105 Å². The lowest BCUT2D eigenvalue weighted by Gasteiger charge is -2.19. The predicted octanol–water partition coefficient (Wildman–Crippen LogP) is 1.46. The Morgan fingerprint density at radius 3 is 2.65 bits per heavy atom. The van der Waals surface area contributed by atoms with Crippen molar-refractivity contribution in [1.29, 1.82) is 0 Å². The summed E-state index contributed by atoms with van der Waals surface area (Å²) in [6.07, 6.45) is 2.01. The molecule has 1 amide bonds. The van der Waals surface area contributed by atoms with Crippen LogP contribution in [0.2, 0.25) is 0 Å². The molecule has 6 heteroatoms. The Morgan fingerprint density at radius 2 is 2.15 bits per heavy atom. The summed E-state index contributed by atoms with van der Waals surface area (Å²) in [7, 11) is 0. The molecule has 0 bridgehead atoms. The van der Waals surface area contributed by atoms with Crippen molar-refractivity contribution in [2.75, 3.05) is 5.32 Å². The third kappa shape index (κ3) is 3.26. The number of carbonyl (C=O) groups excluding carboxylic acids is 1. The molecule has 1 atom stereocenters. The van der Waals surface area contributed by atoms with Gasteiger partial charge in [-0.2, -0.15) is 0 Å². The fourth-order valence-electron chi connectivity index (χ4n) is 2.45. The molecule has 1 aliphatic carbocycles. The number of hydrogen-bond donors (Lipinski definition) is 3. The number of nitrogens with two attached hydrogens (primary N) is 1. The van der Waals surface area contributed by atoms with E-state index >= 15 is 0 Å². The summed E-state index contributed by atoms with van der Waals surface area (Å²) in [6.45, 7) is 3.62. The quantitative estimate of drug-likeness (QED) is 0.730. The molecule has 2 rings (SSSR count). The van der Waals surface area contributed by atoms with Crippen molar-refractivity contribution >= 4 is 17.7 Å². The number of primary amides is 1. The van der Waals surface area contributed by atoms with E-state index in [0.29, 0.717) is 17.3 Å². The van der Waals surface area contributed by atoms with Gasteiger partial charge < -0.3 is 16.2 Å². The van der Waals surface area contributed by atoms with Crippen LogP contribution < -0.4 is 11.1 Å². The highest BCUT2D eigenvalue weighted by molar-refractivity contribution is 5.99. The van der Waals surface area contributed by atoms with Crippen LogP contribution in [0.3, 0.4) is 0 Å². The van der Waals surface area contributed by atoms with Gasteiger partial charge in [0.05, 0.1) is 12.0 Å². The third-order valence-corrected chi connectivity index (χ3v) is 3.50. The number of aromatic nitrogens is 1. The highest BCUT2D eigenvalue weighted by atomic mass is 16.4. The van der Waals surface area contributed by atoms with Gasteiger partial charge in [0.25, 0.3) is 5.91 Å². The number of nitrogens with zero attached hydrogens (tertiary/aromatic N) is 1. The van der Waals surface area contributed by atoms with Gasteiger partial charge in [0.15, 0.2) is 0 Å². The molecule has 0 aliphatic heterocycles. The molecule has 1 fully saturated rings. The maximum Gasteiger partial charge on any atom is 0.305 e. The first-order valence-electron chi connectivity index (χ1n) is 6.65. The van der Waals surface area contributed by atoms with Gasteiger partial charge in [-0.25, -0.2) is 4.98 Å². The van der Waals surface area contributed by atoms with Gasteiger partial charge in [-0.05, 0) is 44.2 Å². The van der Waals surface area contributed by atoms with Crippen LogP contribution in [0.15, 0.2) is 6.07 Å². The van der Waals surface area contributed by atoms with Gasteiger partial charge in [0.1, 0.15) is 5.82 Å². The summed E-state index contributed by atoms with van der Waals surface area (Å²) >= 11 is 0. The molecule has 1 unspecified atom stereocenters. The molecule has 4 N–H and O–H groups in total. The zero-order valence-electron chi connectivity index (χ0n) is 11.6. The minimum atomic E-state index is -0.862. The minimum Gasteiger partial charge on any atom is -0.481 e. The second kappa shape index (κ2) is 5.48. The lowest BCUT2D eigenvalue weighted by molar-refractivity contribution is -0.137. The van der Waals surface area contributed by atoms with Gasteiger partial charge in [-0.3, -0.25) is 9.59 Å². The van der Waals surface area contributed by atoms with Crippen molar-refractivity contribution in [2.45, 2.75) is 39.2 Å². The predicted molar refractivity (Wildman–Crippen MR) is 74.6 cm³/mol. The molecule has 1 aliphatic rings. The molecular formula is C14H19N3O3.